The minimum absolute atomic E-state index is 0.0327. The van der Waals surface area contributed by atoms with Crippen LogP contribution in [0.3, 0.4) is 0 Å². The third kappa shape index (κ3) is 3.71. The second-order valence-corrected chi connectivity index (χ2v) is 7.40. The third-order valence-corrected chi connectivity index (χ3v) is 5.63. The Kier molecular flexibility index (Phi) is 4.74. The van der Waals surface area contributed by atoms with Gasteiger partial charge in [0.15, 0.2) is 5.58 Å². The lowest BCUT2D eigenvalue weighted by molar-refractivity contribution is -0.121. The van der Waals surface area contributed by atoms with Crippen LogP contribution in [0.2, 0.25) is 0 Å². The third-order valence-electron chi connectivity index (χ3n) is 4.53. The number of nitrogens with zero attached hydrogens (tertiary/aromatic N) is 1. The molecule has 1 aliphatic rings. The van der Waals surface area contributed by atoms with Crippen LogP contribution in [0.15, 0.2) is 64.2 Å². The molecule has 5 heteroatoms. The maximum absolute atomic E-state index is 12.9. The zero-order valence-electron chi connectivity index (χ0n) is 13.9. The minimum atomic E-state index is -0.366. The normalized spacial score (nSPS) is 16.2. The summed E-state index contributed by atoms with van der Waals surface area (Å²) in [6.45, 7) is 0. The molecule has 4 nitrogen and oxygen atoms in total. The minimum Gasteiger partial charge on any atom is -0.431 e. The quantitative estimate of drug-likeness (QED) is 0.675. The first-order valence-corrected chi connectivity index (χ1v) is 9.55. The highest BCUT2D eigenvalue weighted by molar-refractivity contribution is 8.00. The Hall–Kier alpha value is -2.27. The molecular formula is C20H20N2O2S. The van der Waals surface area contributed by atoms with Gasteiger partial charge in [-0.3, -0.25) is 4.79 Å². The topological polar surface area (TPSA) is 55.1 Å². The van der Waals surface area contributed by atoms with E-state index in [1.165, 1.54) is 24.6 Å². The lowest BCUT2D eigenvalue weighted by atomic mass is 10.1. The fraction of sp³-hybridized carbons (Fsp3) is 0.300. The average molecular weight is 352 g/mol. The van der Waals surface area contributed by atoms with Crippen LogP contribution in [-0.2, 0) is 4.79 Å². The van der Waals surface area contributed by atoms with E-state index < -0.39 is 0 Å². The number of carbonyl (C=O) groups is 1. The molecule has 0 bridgehead atoms. The molecule has 0 unspecified atom stereocenters. The van der Waals surface area contributed by atoms with Crippen LogP contribution in [0.4, 0.5) is 0 Å². The summed E-state index contributed by atoms with van der Waals surface area (Å²) >= 11 is 1.37. The van der Waals surface area contributed by atoms with Gasteiger partial charge in [-0.2, -0.15) is 0 Å². The van der Waals surface area contributed by atoms with E-state index >= 15 is 0 Å². The van der Waals surface area contributed by atoms with E-state index in [1.807, 2.05) is 54.6 Å². The summed E-state index contributed by atoms with van der Waals surface area (Å²) in [5.74, 6) is 0.0327. The molecule has 1 saturated carbocycles. The molecule has 3 aromatic rings. The van der Waals surface area contributed by atoms with Gasteiger partial charge in [0.2, 0.25) is 5.91 Å². The van der Waals surface area contributed by atoms with Crippen molar-refractivity contribution in [1.82, 2.24) is 10.3 Å². The van der Waals surface area contributed by atoms with Crippen molar-refractivity contribution in [2.24, 2.45) is 0 Å². The molecule has 128 valence electrons. The first-order valence-electron chi connectivity index (χ1n) is 8.67. The van der Waals surface area contributed by atoms with Crippen molar-refractivity contribution in [3.8, 4) is 0 Å². The average Bonchev–Trinajstić information content (AvgIpc) is 3.29. The largest absolute Gasteiger partial charge is 0.431 e. The second kappa shape index (κ2) is 7.31. The van der Waals surface area contributed by atoms with Crippen molar-refractivity contribution in [3.63, 3.8) is 0 Å². The monoisotopic (exact) mass is 352 g/mol. The number of hydrogen-bond acceptors (Lipinski definition) is 4. The lowest BCUT2D eigenvalue weighted by Crippen LogP contribution is -2.35. The Balaban J connectivity index is 1.59. The SMILES string of the molecule is O=C(NC1CCCC1)[C@@H](Sc1nc2ccccc2o1)c1ccccc1. The molecule has 25 heavy (non-hydrogen) atoms. The maximum Gasteiger partial charge on any atom is 0.257 e. The summed E-state index contributed by atoms with van der Waals surface area (Å²) in [6, 6.07) is 17.8. The van der Waals surface area contributed by atoms with Crippen LogP contribution >= 0.6 is 11.8 Å². The van der Waals surface area contributed by atoms with Crippen molar-refractivity contribution >= 4 is 28.8 Å². The number of aromatic nitrogens is 1. The summed E-state index contributed by atoms with van der Waals surface area (Å²) in [7, 11) is 0. The zero-order chi connectivity index (χ0) is 17.1. The Labute approximate surface area is 151 Å². The number of amides is 1. The summed E-state index contributed by atoms with van der Waals surface area (Å²) in [5, 5.41) is 3.36. The predicted octanol–water partition coefficient (Wildman–Crippen LogP) is 4.72. The Morgan fingerprint density at radius 3 is 2.56 bits per heavy atom. The fourth-order valence-corrected chi connectivity index (χ4v) is 4.21. The number of nitrogens with one attached hydrogen (secondary N) is 1. The Morgan fingerprint density at radius 2 is 1.80 bits per heavy atom. The van der Waals surface area contributed by atoms with Crippen molar-refractivity contribution in [2.45, 2.75) is 42.2 Å². The summed E-state index contributed by atoms with van der Waals surface area (Å²) in [4.78, 5) is 17.4. The van der Waals surface area contributed by atoms with Crippen molar-refractivity contribution in [2.75, 3.05) is 0 Å². The van der Waals surface area contributed by atoms with Gasteiger partial charge in [-0.25, -0.2) is 4.98 Å². The van der Waals surface area contributed by atoms with Crippen molar-refractivity contribution in [3.05, 3.63) is 60.2 Å². The number of carbonyl (C=O) groups excluding carboxylic acids is 1. The second-order valence-electron chi connectivity index (χ2n) is 6.35. The predicted molar refractivity (Wildman–Crippen MR) is 99.4 cm³/mol. The maximum atomic E-state index is 12.9. The fourth-order valence-electron chi connectivity index (χ4n) is 3.25. The van der Waals surface area contributed by atoms with E-state index in [0.29, 0.717) is 11.3 Å². The first-order chi connectivity index (χ1) is 12.3. The number of oxazole rings is 1. The number of fused-ring (bicyclic) bond motifs is 1. The molecule has 1 aromatic heterocycles. The molecule has 1 heterocycles. The first kappa shape index (κ1) is 16.2. The number of benzene rings is 2. The van der Waals surface area contributed by atoms with E-state index in [0.717, 1.165) is 29.5 Å². The lowest BCUT2D eigenvalue weighted by Gasteiger charge is -2.18. The molecular weight excluding hydrogens is 332 g/mol. The zero-order valence-corrected chi connectivity index (χ0v) is 14.7. The molecule has 0 spiro atoms. The van der Waals surface area contributed by atoms with Crippen LogP contribution in [0.25, 0.3) is 11.1 Å². The van der Waals surface area contributed by atoms with Gasteiger partial charge in [-0.05, 0) is 42.3 Å². The molecule has 1 N–H and O–H groups in total. The van der Waals surface area contributed by atoms with Gasteiger partial charge in [-0.1, -0.05) is 55.3 Å². The molecule has 1 atom stereocenters. The molecule has 1 aliphatic carbocycles. The molecule has 1 amide bonds. The van der Waals surface area contributed by atoms with Crippen LogP contribution in [-0.4, -0.2) is 16.9 Å². The van der Waals surface area contributed by atoms with Crippen LogP contribution < -0.4 is 5.32 Å². The van der Waals surface area contributed by atoms with Gasteiger partial charge < -0.3 is 9.73 Å². The molecule has 0 saturated heterocycles. The number of hydrogen-bond donors (Lipinski definition) is 1. The number of para-hydroxylation sites is 2. The van der Waals surface area contributed by atoms with Gasteiger partial charge in [0, 0.05) is 6.04 Å². The van der Waals surface area contributed by atoms with Gasteiger partial charge in [-0.15, -0.1) is 0 Å². The van der Waals surface area contributed by atoms with Gasteiger partial charge >= 0.3 is 0 Å². The van der Waals surface area contributed by atoms with E-state index in [2.05, 4.69) is 10.3 Å². The van der Waals surface area contributed by atoms with E-state index in [9.17, 15) is 4.79 Å². The van der Waals surface area contributed by atoms with Gasteiger partial charge in [0.05, 0.1) is 0 Å². The highest BCUT2D eigenvalue weighted by atomic mass is 32.2. The van der Waals surface area contributed by atoms with E-state index in [4.69, 9.17) is 4.42 Å². The highest BCUT2D eigenvalue weighted by Crippen LogP contribution is 2.36. The Bertz CT molecular complexity index is 823. The summed E-state index contributed by atoms with van der Waals surface area (Å²) in [5.41, 5.74) is 2.52. The van der Waals surface area contributed by atoms with Crippen LogP contribution in [0.1, 0.15) is 36.5 Å². The highest BCUT2D eigenvalue weighted by Gasteiger charge is 2.27. The van der Waals surface area contributed by atoms with E-state index in [1.54, 1.807) is 0 Å². The van der Waals surface area contributed by atoms with Crippen molar-refractivity contribution < 1.29 is 9.21 Å². The Morgan fingerprint density at radius 1 is 1.08 bits per heavy atom. The standard InChI is InChI=1S/C20H20N2O2S/c23-19(21-15-10-4-5-11-15)18(14-8-2-1-3-9-14)25-20-22-16-12-6-7-13-17(16)24-20/h1-3,6-9,12-13,15,18H,4-5,10-11H2,(H,21,23)/t18-/m0/s1. The summed E-state index contributed by atoms with van der Waals surface area (Å²) in [6.07, 6.45) is 4.53. The van der Waals surface area contributed by atoms with Crippen molar-refractivity contribution in [1.29, 1.82) is 0 Å². The molecule has 1 fully saturated rings. The van der Waals surface area contributed by atoms with E-state index in [-0.39, 0.29) is 11.2 Å². The molecule has 0 radical (unpaired) electrons. The molecule has 4 rings (SSSR count). The van der Waals surface area contributed by atoms with Gasteiger partial charge in [0.1, 0.15) is 10.8 Å². The van der Waals surface area contributed by atoms with Crippen LogP contribution in [0.5, 0.6) is 0 Å². The van der Waals surface area contributed by atoms with Gasteiger partial charge in [0.25, 0.3) is 5.22 Å². The van der Waals surface area contributed by atoms with Crippen LogP contribution in [0, 0.1) is 0 Å². The molecule has 0 aliphatic heterocycles. The smallest absolute Gasteiger partial charge is 0.257 e. The molecule has 2 aromatic carbocycles. The number of thioether (sulfide) groups is 1. The summed E-state index contributed by atoms with van der Waals surface area (Å²) < 4.78 is 5.81. The number of rotatable bonds is 5.